The van der Waals surface area contributed by atoms with Crippen molar-refractivity contribution in [3.05, 3.63) is 59.4 Å². The van der Waals surface area contributed by atoms with Crippen molar-refractivity contribution >= 4 is 6.29 Å². The molecule has 0 bridgehead atoms. The number of aryl methyl sites for hydroxylation is 1. The van der Waals surface area contributed by atoms with Crippen LogP contribution in [0, 0.1) is 12.7 Å². The van der Waals surface area contributed by atoms with Crippen LogP contribution in [-0.2, 0) is 11.2 Å². The van der Waals surface area contributed by atoms with Crippen molar-refractivity contribution in [3.8, 4) is 11.1 Å². The van der Waals surface area contributed by atoms with E-state index in [2.05, 4.69) is 0 Å². The van der Waals surface area contributed by atoms with Gasteiger partial charge in [0.15, 0.2) is 0 Å². The van der Waals surface area contributed by atoms with Crippen LogP contribution in [-0.4, -0.2) is 6.29 Å². The fourth-order valence-corrected chi connectivity index (χ4v) is 2.04. The molecule has 2 aromatic rings. The molecule has 0 saturated carbocycles. The molecule has 86 valence electrons. The van der Waals surface area contributed by atoms with Gasteiger partial charge < -0.3 is 4.79 Å². The molecule has 0 aromatic heterocycles. The third kappa shape index (κ3) is 2.26. The summed E-state index contributed by atoms with van der Waals surface area (Å²) in [5.74, 6) is -0.256. The number of carbonyl (C=O) groups is 1. The zero-order valence-electron chi connectivity index (χ0n) is 9.61. The molecule has 0 N–H and O–H groups in total. The predicted molar refractivity (Wildman–Crippen MR) is 66.3 cm³/mol. The van der Waals surface area contributed by atoms with Gasteiger partial charge in [-0.15, -0.1) is 0 Å². The molecule has 2 rings (SSSR count). The maximum Gasteiger partial charge on any atom is 0.131 e. The van der Waals surface area contributed by atoms with Crippen molar-refractivity contribution in [2.24, 2.45) is 0 Å². The molecule has 1 nitrogen and oxygen atoms in total. The second-order valence-electron chi connectivity index (χ2n) is 3.96. The third-order valence-electron chi connectivity index (χ3n) is 2.81. The first-order valence-electron chi connectivity index (χ1n) is 5.51. The zero-order valence-corrected chi connectivity index (χ0v) is 9.61. The van der Waals surface area contributed by atoms with E-state index in [4.69, 9.17) is 0 Å². The number of aldehydes is 1. The van der Waals surface area contributed by atoms with Gasteiger partial charge in [0.1, 0.15) is 12.1 Å². The Morgan fingerprint density at radius 1 is 1.12 bits per heavy atom. The summed E-state index contributed by atoms with van der Waals surface area (Å²) in [7, 11) is 0. The Kier molecular flexibility index (Phi) is 3.33. The number of halogens is 1. The molecule has 0 saturated heterocycles. The van der Waals surface area contributed by atoms with Crippen LogP contribution in [0.3, 0.4) is 0 Å². The summed E-state index contributed by atoms with van der Waals surface area (Å²) < 4.78 is 13.8. The van der Waals surface area contributed by atoms with Gasteiger partial charge in [-0.3, -0.25) is 0 Å². The van der Waals surface area contributed by atoms with Gasteiger partial charge in [-0.2, -0.15) is 0 Å². The minimum Gasteiger partial charge on any atom is -0.303 e. The maximum atomic E-state index is 13.8. The van der Waals surface area contributed by atoms with Crippen LogP contribution in [0.25, 0.3) is 11.1 Å². The summed E-state index contributed by atoms with van der Waals surface area (Å²) in [6.07, 6.45) is 1.16. The van der Waals surface area contributed by atoms with E-state index < -0.39 is 0 Å². The summed E-state index contributed by atoms with van der Waals surface area (Å²) in [4.78, 5) is 10.7. The van der Waals surface area contributed by atoms with Crippen LogP contribution in [0.15, 0.2) is 42.5 Å². The van der Waals surface area contributed by atoms with Crippen LogP contribution in [0.5, 0.6) is 0 Å². The van der Waals surface area contributed by atoms with Crippen LogP contribution in [0.4, 0.5) is 4.39 Å². The molecule has 0 spiro atoms. The number of benzene rings is 2. The van der Waals surface area contributed by atoms with Crippen molar-refractivity contribution in [2.45, 2.75) is 13.3 Å². The van der Waals surface area contributed by atoms with E-state index in [1.54, 1.807) is 18.2 Å². The quantitative estimate of drug-likeness (QED) is 0.734. The van der Waals surface area contributed by atoms with Crippen molar-refractivity contribution in [1.29, 1.82) is 0 Å². The molecular formula is C15H13FO. The fraction of sp³-hybridized carbons (Fsp3) is 0.133. The van der Waals surface area contributed by atoms with Crippen LogP contribution in [0.1, 0.15) is 11.1 Å². The second kappa shape index (κ2) is 4.91. The lowest BCUT2D eigenvalue weighted by Gasteiger charge is -2.11. The second-order valence-corrected chi connectivity index (χ2v) is 3.96. The monoisotopic (exact) mass is 228 g/mol. The molecule has 0 atom stereocenters. The molecule has 0 aliphatic rings. The normalized spacial score (nSPS) is 10.2. The fourth-order valence-electron chi connectivity index (χ4n) is 2.04. The summed E-state index contributed by atoms with van der Waals surface area (Å²) in [5.41, 5.74) is 3.24. The Balaban J connectivity index is 2.65. The van der Waals surface area contributed by atoms with Crippen molar-refractivity contribution in [2.75, 3.05) is 0 Å². The number of rotatable bonds is 3. The Hall–Kier alpha value is -1.96. The molecule has 0 aliphatic carbocycles. The Morgan fingerprint density at radius 3 is 2.59 bits per heavy atom. The lowest BCUT2D eigenvalue weighted by molar-refractivity contribution is -0.107. The molecule has 2 heteroatoms. The van der Waals surface area contributed by atoms with Crippen LogP contribution in [0.2, 0.25) is 0 Å². The van der Waals surface area contributed by atoms with Gasteiger partial charge in [0.05, 0.1) is 0 Å². The van der Waals surface area contributed by atoms with E-state index in [0.29, 0.717) is 12.0 Å². The minimum atomic E-state index is -0.256. The standard InChI is InChI=1S/C15H13FO/c1-11-5-4-6-12(9-10-17)15(11)13-7-2-3-8-14(13)16/h2-8,10H,9H2,1H3. The Morgan fingerprint density at radius 2 is 1.88 bits per heavy atom. The minimum absolute atomic E-state index is 0.256. The first-order valence-corrected chi connectivity index (χ1v) is 5.51. The largest absolute Gasteiger partial charge is 0.303 e. The van der Waals surface area contributed by atoms with Gasteiger partial charge in [0.2, 0.25) is 0 Å². The van der Waals surface area contributed by atoms with Gasteiger partial charge in [0, 0.05) is 12.0 Å². The summed E-state index contributed by atoms with van der Waals surface area (Å²) in [6, 6.07) is 12.3. The van der Waals surface area contributed by atoms with E-state index >= 15 is 0 Å². The zero-order chi connectivity index (χ0) is 12.3. The molecule has 0 heterocycles. The van der Waals surface area contributed by atoms with Crippen LogP contribution < -0.4 is 0 Å². The molecule has 0 unspecified atom stereocenters. The molecule has 17 heavy (non-hydrogen) atoms. The number of hydrogen-bond donors (Lipinski definition) is 0. The highest BCUT2D eigenvalue weighted by atomic mass is 19.1. The average Bonchev–Trinajstić information content (AvgIpc) is 2.31. The van der Waals surface area contributed by atoms with Gasteiger partial charge in [-0.25, -0.2) is 4.39 Å². The van der Waals surface area contributed by atoms with Crippen molar-refractivity contribution in [1.82, 2.24) is 0 Å². The first kappa shape index (κ1) is 11.5. The van der Waals surface area contributed by atoms with Crippen LogP contribution >= 0.6 is 0 Å². The first-order chi connectivity index (χ1) is 8.24. The number of hydrogen-bond acceptors (Lipinski definition) is 1. The lowest BCUT2D eigenvalue weighted by Crippen LogP contribution is -1.95. The van der Waals surface area contributed by atoms with Gasteiger partial charge >= 0.3 is 0 Å². The number of carbonyl (C=O) groups excluding carboxylic acids is 1. The SMILES string of the molecule is Cc1cccc(CC=O)c1-c1ccccc1F. The smallest absolute Gasteiger partial charge is 0.131 e. The van der Waals surface area contributed by atoms with E-state index in [0.717, 1.165) is 23.0 Å². The molecular weight excluding hydrogens is 215 g/mol. The van der Waals surface area contributed by atoms with Gasteiger partial charge in [-0.1, -0.05) is 36.4 Å². The molecule has 0 amide bonds. The summed E-state index contributed by atoms with van der Waals surface area (Å²) in [5, 5.41) is 0. The van der Waals surface area contributed by atoms with Gasteiger partial charge in [-0.05, 0) is 29.7 Å². The van der Waals surface area contributed by atoms with Gasteiger partial charge in [0.25, 0.3) is 0 Å². The van der Waals surface area contributed by atoms with E-state index in [1.807, 2.05) is 25.1 Å². The highest BCUT2D eigenvalue weighted by Crippen LogP contribution is 2.29. The predicted octanol–water partition coefficient (Wildman–Crippen LogP) is 3.54. The van der Waals surface area contributed by atoms with E-state index in [1.165, 1.54) is 6.07 Å². The molecule has 0 fully saturated rings. The van der Waals surface area contributed by atoms with Crippen molar-refractivity contribution in [3.63, 3.8) is 0 Å². The summed E-state index contributed by atoms with van der Waals surface area (Å²) >= 11 is 0. The van der Waals surface area contributed by atoms with E-state index in [-0.39, 0.29) is 5.82 Å². The molecule has 0 radical (unpaired) electrons. The average molecular weight is 228 g/mol. The lowest BCUT2D eigenvalue weighted by atomic mass is 9.93. The highest BCUT2D eigenvalue weighted by Gasteiger charge is 2.11. The molecule has 2 aromatic carbocycles. The van der Waals surface area contributed by atoms with E-state index in [9.17, 15) is 9.18 Å². The summed E-state index contributed by atoms with van der Waals surface area (Å²) in [6.45, 7) is 1.93. The Labute approximate surface area is 99.9 Å². The maximum absolute atomic E-state index is 13.8. The third-order valence-corrected chi connectivity index (χ3v) is 2.81. The van der Waals surface area contributed by atoms with Crippen molar-refractivity contribution < 1.29 is 9.18 Å². The Bertz CT molecular complexity index is 546. The topological polar surface area (TPSA) is 17.1 Å². The molecule has 0 aliphatic heterocycles. The highest BCUT2D eigenvalue weighted by molar-refractivity contribution is 5.74.